The van der Waals surface area contributed by atoms with Crippen LogP contribution in [0.25, 0.3) is 0 Å². The Morgan fingerprint density at radius 1 is 1.17 bits per heavy atom. The number of ether oxygens (including phenoxy) is 2. The van der Waals surface area contributed by atoms with Crippen LogP contribution in [0.3, 0.4) is 0 Å². The van der Waals surface area contributed by atoms with Crippen molar-refractivity contribution in [1.82, 2.24) is 0 Å². The summed E-state index contributed by atoms with van der Waals surface area (Å²) in [5, 5.41) is 11.8. The highest BCUT2D eigenvalue weighted by molar-refractivity contribution is 6.05. The molecule has 1 amide bonds. The molecule has 2 aromatic carbocycles. The lowest BCUT2D eigenvalue weighted by molar-refractivity contribution is 0.102. The Labute approximate surface area is 139 Å². The van der Waals surface area contributed by atoms with Crippen LogP contribution in [-0.2, 0) is 0 Å². The van der Waals surface area contributed by atoms with Crippen molar-refractivity contribution in [3.8, 4) is 17.6 Å². The summed E-state index contributed by atoms with van der Waals surface area (Å²) in [6.45, 7) is 4.43. The number of amides is 1. The SMILES string of the molecule is CCOc1cc(C#N)c(NC(=O)c2ccccc2F)cc1OCC. The second-order valence-electron chi connectivity index (χ2n) is 4.76. The van der Waals surface area contributed by atoms with Crippen molar-refractivity contribution in [2.45, 2.75) is 13.8 Å². The van der Waals surface area contributed by atoms with Crippen LogP contribution in [0.2, 0.25) is 0 Å². The van der Waals surface area contributed by atoms with E-state index in [0.717, 1.165) is 0 Å². The van der Waals surface area contributed by atoms with E-state index in [0.29, 0.717) is 24.7 Å². The number of nitrogens with zero attached hydrogens (tertiary/aromatic N) is 1. The van der Waals surface area contributed by atoms with Gasteiger partial charge in [0.2, 0.25) is 0 Å². The summed E-state index contributed by atoms with van der Waals surface area (Å²) in [5.41, 5.74) is 0.331. The molecule has 24 heavy (non-hydrogen) atoms. The zero-order chi connectivity index (χ0) is 17.5. The van der Waals surface area contributed by atoms with Gasteiger partial charge < -0.3 is 14.8 Å². The highest BCUT2D eigenvalue weighted by atomic mass is 19.1. The Balaban J connectivity index is 2.38. The highest BCUT2D eigenvalue weighted by Gasteiger charge is 2.16. The Kier molecular flexibility index (Phi) is 5.74. The molecule has 0 spiro atoms. The average Bonchev–Trinajstić information content (AvgIpc) is 2.57. The molecule has 6 heteroatoms. The Morgan fingerprint density at radius 2 is 1.79 bits per heavy atom. The topological polar surface area (TPSA) is 71.3 Å². The van der Waals surface area contributed by atoms with Gasteiger partial charge in [-0.2, -0.15) is 5.26 Å². The first-order valence-electron chi connectivity index (χ1n) is 7.50. The van der Waals surface area contributed by atoms with E-state index in [1.807, 2.05) is 19.9 Å². The number of anilines is 1. The quantitative estimate of drug-likeness (QED) is 0.876. The van der Waals surface area contributed by atoms with Crippen LogP contribution < -0.4 is 14.8 Å². The molecule has 1 N–H and O–H groups in total. The van der Waals surface area contributed by atoms with Crippen molar-refractivity contribution >= 4 is 11.6 Å². The third-order valence-electron chi connectivity index (χ3n) is 3.17. The van der Waals surface area contributed by atoms with E-state index in [9.17, 15) is 14.4 Å². The monoisotopic (exact) mass is 328 g/mol. The summed E-state index contributed by atoms with van der Waals surface area (Å²) >= 11 is 0. The first-order chi connectivity index (χ1) is 11.6. The van der Waals surface area contributed by atoms with E-state index >= 15 is 0 Å². The fraction of sp³-hybridized carbons (Fsp3) is 0.222. The summed E-state index contributed by atoms with van der Waals surface area (Å²) in [4.78, 5) is 12.3. The molecule has 0 heterocycles. The number of rotatable bonds is 6. The maximum absolute atomic E-state index is 13.7. The van der Waals surface area contributed by atoms with Gasteiger partial charge in [0.15, 0.2) is 11.5 Å². The second-order valence-corrected chi connectivity index (χ2v) is 4.76. The average molecular weight is 328 g/mol. The van der Waals surface area contributed by atoms with Gasteiger partial charge in [-0.15, -0.1) is 0 Å². The first kappa shape index (κ1) is 17.3. The van der Waals surface area contributed by atoms with Gasteiger partial charge in [-0.05, 0) is 26.0 Å². The largest absolute Gasteiger partial charge is 0.490 e. The molecule has 124 valence electrons. The zero-order valence-electron chi connectivity index (χ0n) is 13.4. The van der Waals surface area contributed by atoms with Crippen LogP contribution in [0.5, 0.6) is 11.5 Å². The van der Waals surface area contributed by atoms with E-state index in [-0.39, 0.29) is 16.8 Å². The van der Waals surface area contributed by atoms with Crippen molar-refractivity contribution in [2.75, 3.05) is 18.5 Å². The number of hydrogen-bond donors (Lipinski definition) is 1. The number of carbonyl (C=O) groups is 1. The Hall–Kier alpha value is -3.07. The first-order valence-corrected chi connectivity index (χ1v) is 7.50. The molecule has 0 atom stereocenters. The van der Waals surface area contributed by atoms with E-state index in [1.165, 1.54) is 30.3 Å². The van der Waals surface area contributed by atoms with Gasteiger partial charge in [0.05, 0.1) is 30.0 Å². The third-order valence-corrected chi connectivity index (χ3v) is 3.17. The van der Waals surface area contributed by atoms with Gasteiger partial charge in [-0.25, -0.2) is 4.39 Å². The van der Waals surface area contributed by atoms with Crippen LogP contribution in [0.1, 0.15) is 29.8 Å². The number of carbonyl (C=O) groups excluding carboxylic acids is 1. The lowest BCUT2D eigenvalue weighted by atomic mass is 10.1. The molecular formula is C18H17FN2O3. The summed E-state index contributed by atoms with van der Waals surface area (Å²) < 4.78 is 24.6. The fourth-order valence-electron chi connectivity index (χ4n) is 2.13. The molecular weight excluding hydrogens is 311 g/mol. The fourth-order valence-corrected chi connectivity index (χ4v) is 2.13. The second kappa shape index (κ2) is 7.97. The smallest absolute Gasteiger partial charge is 0.258 e. The lowest BCUT2D eigenvalue weighted by Crippen LogP contribution is -2.15. The van der Waals surface area contributed by atoms with E-state index in [4.69, 9.17) is 9.47 Å². The molecule has 0 aliphatic carbocycles. The number of benzene rings is 2. The minimum atomic E-state index is -0.642. The summed E-state index contributed by atoms with van der Waals surface area (Å²) in [6, 6.07) is 10.6. The summed E-state index contributed by atoms with van der Waals surface area (Å²) in [6.07, 6.45) is 0. The molecule has 2 aromatic rings. The van der Waals surface area contributed by atoms with Crippen LogP contribution in [0.15, 0.2) is 36.4 Å². The number of halogens is 1. The van der Waals surface area contributed by atoms with E-state index in [1.54, 1.807) is 6.07 Å². The van der Waals surface area contributed by atoms with Gasteiger partial charge in [0, 0.05) is 12.1 Å². The van der Waals surface area contributed by atoms with Crippen LogP contribution >= 0.6 is 0 Å². The highest BCUT2D eigenvalue weighted by Crippen LogP contribution is 2.34. The number of nitrogens with one attached hydrogen (secondary N) is 1. The maximum Gasteiger partial charge on any atom is 0.258 e. The van der Waals surface area contributed by atoms with E-state index < -0.39 is 11.7 Å². The van der Waals surface area contributed by atoms with Gasteiger partial charge in [0.25, 0.3) is 5.91 Å². The van der Waals surface area contributed by atoms with Gasteiger partial charge >= 0.3 is 0 Å². The van der Waals surface area contributed by atoms with Crippen molar-refractivity contribution in [1.29, 1.82) is 5.26 Å². The predicted octanol–water partition coefficient (Wildman–Crippen LogP) is 3.75. The molecule has 0 aliphatic rings. The Morgan fingerprint density at radius 3 is 2.38 bits per heavy atom. The minimum absolute atomic E-state index is 0.103. The molecule has 0 saturated carbocycles. The molecule has 5 nitrogen and oxygen atoms in total. The number of nitriles is 1. The molecule has 0 saturated heterocycles. The molecule has 0 radical (unpaired) electrons. The van der Waals surface area contributed by atoms with Crippen LogP contribution in [-0.4, -0.2) is 19.1 Å². The van der Waals surface area contributed by atoms with E-state index in [2.05, 4.69) is 5.32 Å². The predicted molar refractivity (Wildman–Crippen MR) is 87.8 cm³/mol. The van der Waals surface area contributed by atoms with Crippen LogP contribution in [0.4, 0.5) is 10.1 Å². The minimum Gasteiger partial charge on any atom is -0.490 e. The lowest BCUT2D eigenvalue weighted by Gasteiger charge is -2.14. The van der Waals surface area contributed by atoms with Crippen molar-refractivity contribution in [3.05, 3.63) is 53.3 Å². The van der Waals surface area contributed by atoms with Crippen molar-refractivity contribution < 1.29 is 18.7 Å². The molecule has 0 unspecified atom stereocenters. The standard InChI is InChI=1S/C18H17FN2O3/c1-3-23-16-9-12(11-20)15(10-17(16)24-4-2)21-18(22)13-7-5-6-8-14(13)19/h5-10H,3-4H2,1-2H3,(H,21,22). The zero-order valence-corrected chi connectivity index (χ0v) is 13.4. The number of hydrogen-bond acceptors (Lipinski definition) is 4. The maximum atomic E-state index is 13.7. The van der Waals surface area contributed by atoms with Gasteiger partial charge in [0.1, 0.15) is 11.9 Å². The van der Waals surface area contributed by atoms with Crippen molar-refractivity contribution in [3.63, 3.8) is 0 Å². The van der Waals surface area contributed by atoms with Gasteiger partial charge in [-0.1, -0.05) is 12.1 Å². The van der Waals surface area contributed by atoms with Crippen LogP contribution in [0, 0.1) is 17.1 Å². The van der Waals surface area contributed by atoms with Crippen molar-refractivity contribution in [2.24, 2.45) is 0 Å². The summed E-state index contributed by atoms with van der Waals surface area (Å²) in [7, 11) is 0. The molecule has 0 fully saturated rings. The molecule has 2 rings (SSSR count). The normalized spacial score (nSPS) is 9.92. The summed E-state index contributed by atoms with van der Waals surface area (Å²) in [5.74, 6) is -0.456. The molecule has 0 aliphatic heterocycles. The van der Waals surface area contributed by atoms with Gasteiger partial charge in [-0.3, -0.25) is 4.79 Å². The molecule has 0 bridgehead atoms. The Bertz CT molecular complexity index is 784. The third kappa shape index (κ3) is 3.82. The molecule has 0 aromatic heterocycles.